The quantitative estimate of drug-likeness (QED) is 0.176. The average molecular weight is 656 g/mol. The summed E-state index contributed by atoms with van der Waals surface area (Å²) in [6.07, 6.45) is 0. The topological polar surface area (TPSA) is 23.6 Å². The van der Waals surface area contributed by atoms with Crippen LogP contribution in [0.4, 0.5) is 22.7 Å². The van der Waals surface area contributed by atoms with Gasteiger partial charge in [0.15, 0.2) is 7.14 Å². The van der Waals surface area contributed by atoms with E-state index in [1.807, 2.05) is 24.3 Å². The molecule has 2 heterocycles. The van der Waals surface area contributed by atoms with E-state index in [1.54, 1.807) is 23.5 Å². The van der Waals surface area contributed by atoms with E-state index >= 15 is 4.57 Å². The minimum absolute atomic E-state index is 0.836. The van der Waals surface area contributed by atoms with Crippen molar-refractivity contribution in [1.82, 2.24) is 0 Å². The lowest BCUT2D eigenvalue weighted by molar-refractivity contribution is 0.592. The van der Waals surface area contributed by atoms with Crippen LogP contribution in [0.1, 0.15) is 13.8 Å². The fraction of sp³-hybridized carbons (Fsp3) is 0.118. The van der Waals surface area contributed by atoms with Crippen LogP contribution in [0.5, 0.6) is 0 Å². The van der Waals surface area contributed by atoms with Gasteiger partial charge in [0.05, 0.1) is 22.7 Å². The SMILES string of the molecule is CCN1c2ccccc2Sc2cc(P(=O)(c3ccc(Br)cc3)c3ccc4c(c3)Sc3ccccc3N4CC)ccc21. The maximum absolute atomic E-state index is 15.6. The van der Waals surface area contributed by atoms with Crippen molar-refractivity contribution in [1.29, 1.82) is 0 Å². The van der Waals surface area contributed by atoms with Crippen LogP contribution in [0.3, 0.4) is 0 Å². The Morgan fingerprint density at radius 1 is 0.561 bits per heavy atom. The monoisotopic (exact) mass is 654 g/mol. The van der Waals surface area contributed by atoms with Crippen molar-refractivity contribution in [2.45, 2.75) is 33.4 Å². The second-order valence-electron chi connectivity index (χ2n) is 10.0. The molecule has 0 atom stereocenters. The third-order valence-corrected chi connectivity index (χ3v) is 13.6. The second kappa shape index (κ2) is 10.7. The van der Waals surface area contributed by atoms with E-state index in [2.05, 4.69) is 125 Å². The van der Waals surface area contributed by atoms with Crippen LogP contribution in [0, 0.1) is 0 Å². The smallest absolute Gasteiger partial charge is 0.171 e. The number of nitrogens with zero attached hydrogens (tertiary/aromatic N) is 2. The summed E-state index contributed by atoms with van der Waals surface area (Å²) < 4.78 is 16.6. The fourth-order valence-corrected chi connectivity index (χ4v) is 11.2. The molecule has 0 amide bonds. The Balaban J connectivity index is 1.39. The number of para-hydroxylation sites is 2. The molecule has 0 bridgehead atoms. The third-order valence-electron chi connectivity index (χ3n) is 7.77. The molecule has 2 aliphatic heterocycles. The lowest BCUT2D eigenvalue weighted by Gasteiger charge is -2.33. The molecule has 41 heavy (non-hydrogen) atoms. The molecule has 0 saturated heterocycles. The zero-order chi connectivity index (χ0) is 28.1. The summed E-state index contributed by atoms with van der Waals surface area (Å²) in [4.78, 5) is 9.42. The summed E-state index contributed by atoms with van der Waals surface area (Å²) in [6, 6.07) is 37.9. The predicted molar refractivity (Wildman–Crippen MR) is 180 cm³/mol. The molecular formula is C34H28BrN2OPS2. The number of rotatable bonds is 5. The largest absolute Gasteiger partial charge is 0.340 e. The Hall–Kier alpha value is -2.89. The maximum Gasteiger partial charge on any atom is 0.171 e. The van der Waals surface area contributed by atoms with Crippen LogP contribution >= 0.6 is 46.6 Å². The molecule has 0 fully saturated rings. The van der Waals surface area contributed by atoms with Gasteiger partial charge in [-0.1, -0.05) is 63.7 Å². The summed E-state index contributed by atoms with van der Waals surface area (Å²) in [5.74, 6) is 0. The first-order valence-electron chi connectivity index (χ1n) is 13.8. The van der Waals surface area contributed by atoms with Crippen molar-refractivity contribution in [2.75, 3.05) is 22.9 Å². The molecule has 0 saturated carbocycles. The van der Waals surface area contributed by atoms with Gasteiger partial charge in [-0.25, -0.2) is 0 Å². The summed E-state index contributed by atoms with van der Waals surface area (Å²) in [5, 5.41) is 2.55. The molecule has 5 aromatic rings. The molecule has 7 heteroatoms. The van der Waals surface area contributed by atoms with Crippen LogP contribution in [0.25, 0.3) is 0 Å². The van der Waals surface area contributed by atoms with E-state index < -0.39 is 7.14 Å². The van der Waals surface area contributed by atoms with Crippen molar-refractivity contribution in [3.63, 3.8) is 0 Å². The van der Waals surface area contributed by atoms with Crippen molar-refractivity contribution in [3.8, 4) is 0 Å². The average Bonchev–Trinajstić information content (AvgIpc) is 3.01. The minimum Gasteiger partial charge on any atom is -0.340 e. The zero-order valence-corrected chi connectivity index (χ0v) is 26.9. The molecule has 3 nitrogen and oxygen atoms in total. The van der Waals surface area contributed by atoms with E-state index in [0.717, 1.165) is 43.3 Å². The van der Waals surface area contributed by atoms with Gasteiger partial charge in [0, 0.05) is 53.1 Å². The van der Waals surface area contributed by atoms with Crippen LogP contribution in [-0.4, -0.2) is 13.1 Å². The number of fused-ring (bicyclic) bond motifs is 4. The first-order chi connectivity index (χ1) is 20.0. The van der Waals surface area contributed by atoms with Crippen LogP contribution in [0.2, 0.25) is 0 Å². The molecular weight excluding hydrogens is 627 g/mol. The summed E-state index contributed by atoms with van der Waals surface area (Å²) in [5.41, 5.74) is 4.78. The number of hydrogen-bond donors (Lipinski definition) is 0. The van der Waals surface area contributed by atoms with E-state index in [-0.39, 0.29) is 0 Å². The zero-order valence-electron chi connectivity index (χ0n) is 22.8. The highest BCUT2D eigenvalue weighted by molar-refractivity contribution is 9.10. The highest BCUT2D eigenvalue weighted by atomic mass is 79.9. The molecule has 2 aliphatic rings. The minimum atomic E-state index is -3.20. The van der Waals surface area contributed by atoms with E-state index in [0.29, 0.717) is 0 Å². The summed E-state index contributed by atoms with van der Waals surface area (Å²) in [7, 11) is -3.20. The molecule has 0 radical (unpaired) electrons. The van der Waals surface area contributed by atoms with Gasteiger partial charge in [-0.3, -0.25) is 0 Å². The van der Waals surface area contributed by atoms with Gasteiger partial charge in [-0.15, -0.1) is 0 Å². The van der Waals surface area contributed by atoms with Crippen LogP contribution in [0.15, 0.2) is 133 Å². The van der Waals surface area contributed by atoms with Crippen LogP contribution in [-0.2, 0) is 4.57 Å². The normalized spacial score (nSPS) is 13.7. The Bertz CT molecular complexity index is 1730. The first kappa shape index (κ1) is 27.0. The van der Waals surface area contributed by atoms with E-state index in [1.165, 1.54) is 32.5 Å². The molecule has 7 rings (SSSR count). The van der Waals surface area contributed by atoms with Crippen molar-refractivity contribution in [3.05, 3.63) is 114 Å². The van der Waals surface area contributed by atoms with Gasteiger partial charge in [-0.05, 0) is 98.8 Å². The Labute approximate surface area is 258 Å². The number of benzene rings is 5. The van der Waals surface area contributed by atoms with Crippen molar-refractivity contribution < 1.29 is 4.57 Å². The molecule has 0 unspecified atom stereocenters. The Morgan fingerprint density at radius 3 is 1.44 bits per heavy atom. The second-order valence-corrected chi connectivity index (χ2v) is 15.9. The van der Waals surface area contributed by atoms with Crippen molar-refractivity contribution in [2.24, 2.45) is 0 Å². The highest BCUT2D eigenvalue weighted by Crippen LogP contribution is 2.52. The number of hydrogen-bond acceptors (Lipinski definition) is 5. The van der Waals surface area contributed by atoms with Gasteiger partial charge in [0.2, 0.25) is 0 Å². The van der Waals surface area contributed by atoms with E-state index in [4.69, 9.17) is 0 Å². The molecule has 204 valence electrons. The maximum atomic E-state index is 15.6. The predicted octanol–water partition coefficient (Wildman–Crippen LogP) is 9.33. The van der Waals surface area contributed by atoms with Gasteiger partial charge >= 0.3 is 0 Å². The molecule has 5 aromatic carbocycles. The molecule has 0 aromatic heterocycles. The number of halogens is 1. The lowest BCUT2D eigenvalue weighted by atomic mass is 10.2. The van der Waals surface area contributed by atoms with Gasteiger partial charge in [-0.2, -0.15) is 0 Å². The highest BCUT2D eigenvalue weighted by Gasteiger charge is 2.34. The summed E-state index contributed by atoms with van der Waals surface area (Å²) in [6.45, 7) is 6.09. The first-order valence-corrected chi connectivity index (χ1v) is 17.9. The lowest BCUT2D eigenvalue weighted by Crippen LogP contribution is -2.28. The van der Waals surface area contributed by atoms with Gasteiger partial charge in [0.1, 0.15) is 0 Å². The van der Waals surface area contributed by atoms with E-state index in [9.17, 15) is 0 Å². The van der Waals surface area contributed by atoms with Gasteiger partial charge in [0.25, 0.3) is 0 Å². The standard InChI is InChI=1S/C34H28BrN2OPS2/c1-3-36-27-9-5-7-11-31(27)40-33-21-25(17-19-29(33)36)39(38,24-15-13-23(35)14-16-24)26-18-20-30-34(22-26)41-32-12-8-6-10-28(32)37(30)4-2/h5-22H,3-4H2,1-2H3. The molecule has 0 aliphatic carbocycles. The molecule has 0 spiro atoms. The molecule has 0 N–H and O–H groups in total. The van der Waals surface area contributed by atoms with Crippen molar-refractivity contribution >= 4 is 85.3 Å². The van der Waals surface area contributed by atoms with Gasteiger partial charge < -0.3 is 14.4 Å². The Morgan fingerprint density at radius 2 is 0.976 bits per heavy atom. The Kier molecular flexibility index (Phi) is 7.07. The number of anilines is 4. The third kappa shape index (κ3) is 4.47. The fourth-order valence-electron chi connectivity index (χ4n) is 5.82. The summed E-state index contributed by atoms with van der Waals surface area (Å²) >= 11 is 7.10. The van der Waals surface area contributed by atoms with Crippen LogP contribution < -0.4 is 25.7 Å².